The van der Waals surface area contributed by atoms with Gasteiger partial charge in [-0.05, 0) is 34.1 Å². The van der Waals surface area contributed by atoms with Gasteiger partial charge in [0.2, 0.25) is 5.62 Å². The molecule has 0 atom stereocenters. The molecule has 0 aliphatic carbocycles. The number of hydrogen-bond acceptors (Lipinski definition) is 3. The van der Waals surface area contributed by atoms with Crippen molar-refractivity contribution in [1.29, 1.82) is 0 Å². The van der Waals surface area contributed by atoms with Crippen molar-refractivity contribution in [3.63, 3.8) is 0 Å². The molecule has 0 radical (unpaired) electrons. The lowest BCUT2D eigenvalue weighted by atomic mass is 9.78. The van der Waals surface area contributed by atoms with Crippen molar-refractivity contribution in [2.24, 2.45) is 4.99 Å². The van der Waals surface area contributed by atoms with Crippen molar-refractivity contribution in [3.8, 4) is 5.75 Å². The first-order chi connectivity index (χ1) is 17.9. The number of aromatic nitrogens is 2. The van der Waals surface area contributed by atoms with Crippen LogP contribution in [0.25, 0.3) is 0 Å². The smallest absolute Gasteiger partial charge is 0.205 e. The summed E-state index contributed by atoms with van der Waals surface area (Å²) in [6, 6.07) is 24.1. The van der Waals surface area contributed by atoms with Crippen LogP contribution >= 0.6 is 12.4 Å². The molecule has 206 valence electrons. The Kier molecular flexibility index (Phi) is 9.29. The molecular formula is C33H40ClN3O2. The van der Waals surface area contributed by atoms with Gasteiger partial charge in [0.15, 0.2) is 5.78 Å². The first-order valence-corrected chi connectivity index (χ1v) is 13.2. The third-order valence-corrected chi connectivity index (χ3v) is 6.74. The van der Waals surface area contributed by atoms with Crippen molar-refractivity contribution in [3.05, 3.63) is 119 Å². The highest BCUT2D eigenvalue weighted by Crippen LogP contribution is 2.39. The van der Waals surface area contributed by atoms with Crippen LogP contribution in [-0.4, -0.2) is 20.0 Å². The minimum Gasteiger partial charge on any atom is -0.507 e. The van der Waals surface area contributed by atoms with Gasteiger partial charge in [0.1, 0.15) is 5.75 Å². The Morgan fingerprint density at radius 2 is 1.26 bits per heavy atom. The van der Waals surface area contributed by atoms with E-state index in [0.717, 1.165) is 22.3 Å². The lowest BCUT2D eigenvalue weighted by Gasteiger charge is -2.28. The average Bonchev–Trinajstić information content (AvgIpc) is 3.23. The van der Waals surface area contributed by atoms with Gasteiger partial charge in [-0.25, -0.2) is 4.99 Å². The highest BCUT2D eigenvalue weighted by atomic mass is 35.5. The maximum atomic E-state index is 13.7. The maximum absolute atomic E-state index is 13.7. The van der Waals surface area contributed by atoms with Crippen LogP contribution in [0.4, 0.5) is 0 Å². The van der Waals surface area contributed by atoms with Crippen LogP contribution in [0.2, 0.25) is 0 Å². The number of rotatable bonds is 7. The minimum absolute atomic E-state index is 0. The third kappa shape index (κ3) is 7.30. The van der Waals surface area contributed by atoms with E-state index in [4.69, 9.17) is 4.99 Å². The molecule has 0 unspecified atom stereocenters. The van der Waals surface area contributed by atoms with Crippen LogP contribution in [0, 0.1) is 0 Å². The van der Waals surface area contributed by atoms with Gasteiger partial charge in [-0.2, -0.15) is 0 Å². The van der Waals surface area contributed by atoms with E-state index < -0.39 is 0 Å². The predicted octanol–water partition coefficient (Wildman–Crippen LogP) is 7.04. The van der Waals surface area contributed by atoms with Crippen LogP contribution in [0.1, 0.15) is 74.2 Å². The topological polar surface area (TPSA) is 59.5 Å². The molecule has 1 N–H and O–H groups in total. The molecule has 5 nitrogen and oxygen atoms in total. The molecule has 0 spiro atoms. The molecule has 6 heteroatoms. The molecule has 0 fully saturated rings. The van der Waals surface area contributed by atoms with Crippen LogP contribution in [0.15, 0.2) is 90.2 Å². The summed E-state index contributed by atoms with van der Waals surface area (Å²) in [7, 11) is 0. The average molecular weight is 546 g/mol. The quantitative estimate of drug-likeness (QED) is 0.253. The molecule has 39 heavy (non-hydrogen) atoms. The highest BCUT2D eigenvalue weighted by molar-refractivity contribution is 5.96. The monoisotopic (exact) mass is 545 g/mol. The summed E-state index contributed by atoms with van der Waals surface area (Å²) in [6.07, 6.45) is 3.92. The summed E-state index contributed by atoms with van der Waals surface area (Å²) in [6.45, 7) is 13.7. The maximum Gasteiger partial charge on any atom is 0.205 e. The standard InChI is InChI=1S/C33H39N3O2.ClH/c1-32(2,3)27-19-26(20-28(30(27)38)33(4,5)6)29(37)23-36-18-17-35(22-25-15-11-8-12-16-25)31(36)34-21-24-13-9-7-10-14-24;/h7-20,38H,21-23H2,1-6H3;1H. The molecule has 1 aromatic heterocycles. The Hall–Kier alpha value is -3.57. The van der Waals surface area contributed by atoms with E-state index in [-0.39, 0.29) is 41.3 Å². The number of phenolic OH excluding ortho intramolecular Hbond substituents is 1. The lowest BCUT2D eigenvalue weighted by Crippen LogP contribution is -2.29. The molecule has 1 heterocycles. The Morgan fingerprint density at radius 1 is 0.769 bits per heavy atom. The number of carbonyl (C=O) groups is 1. The second kappa shape index (κ2) is 12.1. The molecule has 0 amide bonds. The predicted molar refractivity (Wildman–Crippen MR) is 161 cm³/mol. The largest absolute Gasteiger partial charge is 0.507 e. The Balaban J connectivity index is 0.00000420. The Morgan fingerprint density at radius 3 is 1.77 bits per heavy atom. The van der Waals surface area contributed by atoms with Crippen molar-refractivity contribution < 1.29 is 9.90 Å². The summed E-state index contributed by atoms with van der Waals surface area (Å²) in [5.41, 5.74) is 4.60. The molecule has 0 bridgehead atoms. The number of ketones is 1. The number of hydrogen-bond donors (Lipinski definition) is 1. The Bertz CT molecular complexity index is 1440. The van der Waals surface area contributed by atoms with Gasteiger partial charge in [0, 0.05) is 29.1 Å². The van der Waals surface area contributed by atoms with E-state index in [9.17, 15) is 9.90 Å². The van der Waals surface area contributed by atoms with Gasteiger partial charge >= 0.3 is 0 Å². The van der Waals surface area contributed by atoms with Gasteiger partial charge in [-0.3, -0.25) is 4.79 Å². The van der Waals surface area contributed by atoms with Crippen molar-refractivity contribution in [2.45, 2.75) is 72.0 Å². The fourth-order valence-corrected chi connectivity index (χ4v) is 4.60. The minimum atomic E-state index is -0.303. The van der Waals surface area contributed by atoms with E-state index in [0.29, 0.717) is 18.7 Å². The summed E-state index contributed by atoms with van der Waals surface area (Å²) in [5.74, 6) is 0.265. The van der Waals surface area contributed by atoms with E-state index in [1.54, 1.807) is 0 Å². The van der Waals surface area contributed by atoms with Crippen LogP contribution in [-0.2, 0) is 30.5 Å². The molecule has 0 saturated heterocycles. The second-order valence-electron chi connectivity index (χ2n) is 12.0. The molecule has 0 aliphatic rings. The molecule has 4 aromatic rings. The fourth-order valence-electron chi connectivity index (χ4n) is 4.60. The van der Waals surface area contributed by atoms with E-state index in [1.165, 1.54) is 5.56 Å². The van der Waals surface area contributed by atoms with E-state index in [1.807, 2.05) is 65.5 Å². The molecule has 3 aromatic carbocycles. The van der Waals surface area contributed by atoms with Crippen molar-refractivity contribution in [1.82, 2.24) is 9.13 Å². The van der Waals surface area contributed by atoms with E-state index in [2.05, 4.69) is 70.4 Å². The highest BCUT2D eigenvalue weighted by Gasteiger charge is 2.28. The molecule has 0 saturated carbocycles. The number of benzene rings is 3. The van der Waals surface area contributed by atoms with Crippen molar-refractivity contribution in [2.75, 3.05) is 0 Å². The van der Waals surface area contributed by atoms with Gasteiger partial charge in [0.05, 0.1) is 19.6 Å². The molecular weight excluding hydrogens is 506 g/mol. The third-order valence-electron chi connectivity index (χ3n) is 6.74. The zero-order valence-electron chi connectivity index (χ0n) is 23.8. The lowest BCUT2D eigenvalue weighted by molar-refractivity contribution is 0.0970. The van der Waals surface area contributed by atoms with Crippen molar-refractivity contribution >= 4 is 18.2 Å². The SMILES string of the molecule is CC(C)(C)c1cc(C(=O)Cn2ccn(Cc3ccccc3)c2=NCc2ccccc2)cc(C(C)(C)C)c1O.Cl. The number of carbonyl (C=O) groups excluding carboxylic acids is 1. The molecule has 0 aliphatic heterocycles. The van der Waals surface area contributed by atoms with E-state index >= 15 is 0 Å². The summed E-state index contributed by atoms with van der Waals surface area (Å²) < 4.78 is 4.01. The normalized spacial score (nSPS) is 12.3. The number of aromatic hydroxyl groups is 1. The summed E-state index contributed by atoms with van der Waals surface area (Å²) in [5, 5.41) is 11.1. The fraction of sp³-hybridized carbons (Fsp3) is 0.333. The zero-order chi connectivity index (χ0) is 27.5. The zero-order valence-corrected chi connectivity index (χ0v) is 24.6. The summed E-state index contributed by atoms with van der Waals surface area (Å²) >= 11 is 0. The number of imidazole rings is 1. The van der Waals surface area contributed by atoms with Crippen LogP contribution in [0.5, 0.6) is 5.75 Å². The van der Waals surface area contributed by atoms with Crippen LogP contribution in [0.3, 0.4) is 0 Å². The van der Waals surface area contributed by atoms with Gasteiger partial charge < -0.3 is 14.2 Å². The number of halogens is 1. The van der Waals surface area contributed by atoms with Gasteiger partial charge in [-0.1, -0.05) is 102 Å². The Labute approximate surface area is 238 Å². The number of Topliss-reactive ketones (excluding diaryl/α,β-unsaturated/α-hetero) is 1. The second-order valence-corrected chi connectivity index (χ2v) is 12.0. The first-order valence-electron chi connectivity index (χ1n) is 13.2. The number of phenols is 1. The number of nitrogens with zero attached hydrogens (tertiary/aromatic N) is 3. The summed E-state index contributed by atoms with van der Waals surface area (Å²) in [4.78, 5) is 18.7. The van der Waals surface area contributed by atoms with Gasteiger partial charge in [-0.15, -0.1) is 12.4 Å². The molecule has 4 rings (SSSR count). The first kappa shape index (κ1) is 30.0. The van der Waals surface area contributed by atoms with Gasteiger partial charge in [0.25, 0.3) is 0 Å². The van der Waals surface area contributed by atoms with Crippen LogP contribution < -0.4 is 5.62 Å².